The second-order valence-electron chi connectivity index (χ2n) is 10.9. The molecule has 0 aliphatic heterocycles. The number of nitrogens with zero attached hydrogens (tertiary/aromatic N) is 2. The van der Waals surface area contributed by atoms with Crippen LogP contribution in [0.25, 0.3) is 11.4 Å². The Morgan fingerprint density at radius 3 is 1.26 bits per heavy atom. The summed E-state index contributed by atoms with van der Waals surface area (Å²) < 4.78 is 4.89. The van der Waals surface area contributed by atoms with Gasteiger partial charge in [-0.05, 0) is 75.0 Å². The normalized spacial score (nSPS) is 11.4. The molecule has 0 aliphatic rings. The molecule has 0 amide bonds. The molecular formula is C35H53ClN2Pd. The summed E-state index contributed by atoms with van der Waals surface area (Å²) >= 11 is 0. The zero-order chi connectivity index (χ0) is 26.9. The number of benzene rings is 2. The summed E-state index contributed by atoms with van der Waals surface area (Å²) in [7, 11) is 0. The van der Waals surface area contributed by atoms with Crippen LogP contribution in [0.3, 0.4) is 0 Å². The second-order valence-corrected chi connectivity index (χ2v) is 10.9. The summed E-state index contributed by atoms with van der Waals surface area (Å²) in [5.41, 5.74) is 8.87. The van der Waals surface area contributed by atoms with Gasteiger partial charge in [-0.3, -0.25) is 0 Å². The average Bonchev–Trinajstić information content (AvgIpc) is 3.41. The molecule has 2 aromatic carbocycles. The van der Waals surface area contributed by atoms with E-state index in [0.717, 1.165) is 0 Å². The smallest absolute Gasteiger partial charge is 0.254 e. The van der Waals surface area contributed by atoms with E-state index in [9.17, 15) is 0 Å². The molecule has 0 spiro atoms. The number of para-hydroxylation sites is 2. The van der Waals surface area contributed by atoms with Crippen LogP contribution in [0.4, 0.5) is 0 Å². The minimum Gasteiger partial charge on any atom is -1.00 e. The number of hydrogen-bond donors (Lipinski definition) is 0. The van der Waals surface area contributed by atoms with Crippen LogP contribution < -0.4 is 17.0 Å². The first-order chi connectivity index (χ1) is 18.0. The number of hydrogen-bond acceptors (Lipinski definition) is 0. The van der Waals surface area contributed by atoms with Gasteiger partial charge in [-0.15, -0.1) is 0 Å². The molecule has 3 aromatic rings. The van der Waals surface area contributed by atoms with E-state index in [2.05, 4.69) is 120 Å². The SMILES string of the molecule is CCC(CC)c1cccc(C(CC)CC)c1-n1cc[n+](-c2c(C(CC)CC)cccc2C(CC)CC)c1.[Cl-].[Pd]. The Balaban J connectivity index is 0.00000380. The molecule has 0 bridgehead atoms. The molecule has 0 aliphatic carbocycles. The van der Waals surface area contributed by atoms with Crippen LogP contribution in [0.5, 0.6) is 0 Å². The van der Waals surface area contributed by atoms with Crippen molar-refractivity contribution in [1.82, 2.24) is 4.57 Å². The maximum absolute atomic E-state index is 2.45. The van der Waals surface area contributed by atoms with E-state index in [1.807, 2.05) is 0 Å². The second kappa shape index (κ2) is 17.4. The molecule has 39 heavy (non-hydrogen) atoms. The molecule has 0 saturated carbocycles. The Hall–Kier alpha value is -1.40. The van der Waals surface area contributed by atoms with Crippen molar-refractivity contribution in [3.05, 3.63) is 77.4 Å². The van der Waals surface area contributed by atoms with Crippen LogP contribution in [0.15, 0.2) is 55.1 Å². The van der Waals surface area contributed by atoms with Gasteiger partial charge in [-0.25, -0.2) is 9.13 Å². The third-order valence-corrected chi connectivity index (χ3v) is 9.05. The van der Waals surface area contributed by atoms with Gasteiger partial charge in [0.2, 0.25) is 0 Å². The van der Waals surface area contributed by atoms with Crippen LogP contribution >= 0.6 is 0 Å². The van der Waals surface area contributed by atoms with E-state index in [4.69, 9.17) is 0 Å². The summed E-state index contributed by atoms with van der Waals surface area (Å²) in [5.74, 6) is 2.32. The van der Waals surface area contributed by atoms with Crippen molar-refractivity contribution < 1.29 is 37.4 Å². The quantitative estimate of drug-likeness (QED) is 0.128. The fourth-order valence-electron chi connectivity index (χ4n) is 6.61. The van der Waals surface area contributed by atoms with E-state index >= 15 is 0 Å². The first-order valence-corrected chi connectivity index (χ1v) is 15.4. The molecule has 1 heterocycles. The van der Waals surface area contributed by atoms with Gasteiger partial charge in [-0.2, -0.15) is 0 Å². The maximum Gasteiger partial charge on any atom is 0.254 e. The molecule has 0 saturated heterocycles. The Bertz CT molecular complexity index is 959. The van der Waals surface area contributed by atoms with Crippen LogP contribution in [0.1, 0.15) is 153 Å². The molecule has 220 valence electrons. The molecule has 0 unspecified atom stereocenters. The molecule has 2 nitrogen and oxygen atoms in total. The van der Waals surface area contributed by atoms with E-state index in [1.54, 1.807) is 0 Å². The monoisotopic (exact) mass is 642 g/mol. The predicted molar refractivity (Wildman–Crippen MR) is 161 cm³/mol. The van der Waals surface area contributed by atoms with Crippen LogP contribution in [0.2, 0.25) is 0 Å². The summed E-state index contributed by atoms with van der Waals surface area (Å²) in [6, 6.07) is 14.1. The van der Waals surface area contributed by atoms with Gasteiger partial charge in [0.05, 0.1) is 0 Å². The molecule has 0 radical (unpaired) electrons. The summed E-state index contributed by atoms with van der Waals surface area (Å²) in [4.78, 5) is 0. The van der Waals surface area contributed by atoms with E-state index in [0.29, 0.717) is 23.7 Å². The van der Waals surface area contributed by atoms with Gasteiger partial charge in [-0.1, -0.05) is 91.8 Å². The first-order valence-electron chi connectivity index (χ1n) is 15.4. The number of halogens is 1. The number of imidazole rings is 1. The topological polar surface area (TPSA) is 8.81 Å². The molecule has 0 fully saturated rings. The van der Waals surface area contributed by atoms with Gasteiger partial charge >= 0.3 is 0 Å². The predicted octanol–water partition coefficient (Wildman–Crippen LogP) is 7.37. The van der Waals surface area contributed by atoms with E-state index in [-0.39, 0.29) is 32.8 Å². The zero-order valence-electron chi connectivity index (χ0n) is 25.8. The Labute approximate surface area is 260 Å². The minimum absolute atomic E-state index is 0. The summed E-state index contributed by atoms with van der Waals surface area (Å²) in [6.07, 6.45) is 16.4. The molecule has 4 heteroatoms. The minimum atomic E-state index is 0. The van der Waals surface area contributed by atoms with Gasteiger partial charge < -0.3 is 12.4 Å². The van der Waals surface area contributed by atoms with Gasteiger partial charge in [0, 0.05) is 42.7 Å². The molecule has 0 atom stereocenters. The fraction of sp³-hybridized carbons (Fsp3) is 0.571. The number of aromatic nitrogens is 2. The third kappa shape index (κ3) is 7.67. The van der Waals surface area contributed by atoms with E-state index in [1.165, 1.54) is 85.0 Å². The average molecular weight is 644 g/mol. The molecule has 1 aromatic heterocycles. The van der Waals surface area contributed by atoms with Crippen molar-refractivity contribution in [2.75, 3.05) is 0 Å². The third-order valence-electron chi connectivity index (χ3n) is 9.05. The van der Waals surface area contributed by atoms with Crippen LogP contribution in [-0.4, -0.2) is 4.57 Å². The van der Waals surface area contributed by atoms with Crippen molar-refractivity contribution in [3.63, 3.8) is 0 Å². The Kier molecular flexibility index (Phi) is 15.9. The van der Waals surface area contributed by atoms with Crippen molar-refractivity contribution >= 4 is 0 Å². The number of rotatable bonds is 14. The standard InChI is InChI=1S/C35H53N2.ClH.Pd/c1-9-26(10-2)30-19-17-20-31(27(11-3)12-4)34(30)36-23-24-37(25-36)35-32(28(13-5)14-6)21-18-22-33(35)29(15-7)16-8;;/h17-29H,9-16H2,1-8H3;1H;/q+1;;/p-1. The Morgan fingerprint density at radius 2 is 0.897 bits per heavy atom. The van der Waals surface area contributed by atoms with Crippen LogP contribution in [0, 0.1) is 0 Å². The largest absolute Gasteiger partial charge is 1.00 e. The maximum atomic E-state index is 2.45. The first kappa shape index (κ1) is 35.6. The van der Waals surface area contributed by atoms with Crippen molar-refractivity contribution in [2.45, 2.75) is 130 Å². The molecule has 3 rings (SSSR count). The van der Waals surface area contributed by atoms with Crippen molar-refractivity contribution in [2.24, 2.45) is 0 Å². The summed E-state index contributed by atoms with van der Waals surface area (Å²) in [5, 5.41) is 0. The van der Waals surface area contributed by atoms with Crippen LogP contribution in [-0.2, 0) is 20.4 Å². The molecular weight excluding hydrogens is 590 g/mol. The molecule has 0 N–H and O–H groups in total. The zero-order valence-corrected chi connectivity index (χ0v) is 28.1. The van der Waals surface area contributed by atoms with Crippen molar-refractivity contribution in [3.8, 4) is 11.4 Å². The fourth-order valence-corrected chi connectivity index (χ4v) is 6.61. The summed E-state index contributed by atoms with van der Waals surface area (Å²) in [6.45, 7) is 18.7. The van der Waals surface area contributed by atoms with E-state index < -0.39 is 0 Å². The van der Waals surface area contributed by atoms with Gasteiger partial charge in [0.25, 0.3) is 6.33 Å². The van der Waals surface area contributed by atoms with Gasteiger partial charge in [0.1, 0.15) is 23.8 Å². The van der Waals surface area contributed by atoms with Gasteiger partial charge in [0.15, 0.2) is 0 Å². The Morgan fingerprint density at radius 1 is 0.564 bits per heavy atom. The van der Waals surface area contributed by atoms with Crippen molar-refractivity contribution in [1.29, 1.82) is 0 Å².